The highest BCUT2D eigenvalue weighted by atomic mass is 35.5. The summed E-state index contributed by atoms with van der Waals surface area (Å²) in [7, 11) is 3.39. The third-order valence-corrected chi connectivity index (χ3v) is 17.3. The zero-order valence-electron chi connectivity index (χ0n) is 43.1. The van der Waals surface area contributed by atoms with Crippen LogP contribution in [-0.4, -0.2) is 116 Å². The molecule has 0 radical (unpaired) electrons. The van der Waals surface area contributed by atoms with Crippen molar-refractivity contribution in [3.63, 3.8) is 0 Å². The van der Waals surface area contributed by atoms with Gasteiger partial charge in [-0.25, -0.2) is 13.6 Å². The normalized spacial score (nSPS) is 24.5. The molecule has 4 aliphatic heterocycles. The van der Waals surface area contributed by atoms with Crippen molar-refractivity contribution >= 4 is 52.1 Å². The number of amides is 5. The van der Waals surface area contributed by atoms with Crippen LogP contribution in [0.25, 0.3) is 22.0 Å². The number of benzene rings is 4. The van der Waals surface area contributed by atoms with E-state index in [-0.39, 0.29) is 76.6 Å². The summed E-state index contributed by atoms with van der Waals surface area (Å²) in [4.78, 5) is 57.6. The van der Waals surface area contributed by atoms with Gasteiger partial charge in [-0.05, 0) is 111 Å². The topological polar surface area (TPSA) is 174 Å². The number of ether oxygens (including phenoxy) is 3. The van der Waals surface area contributed by atoms with E-state index in [2.05, 4.69) is 50.7 Å². The Bertz CT molecular complexity index is 2980. The van der Waals surface area contributed by atoms with E-state index >= 15 is 8.78 Å². The van der Waals surface area contributed by atoms with Gasteiger partial charge >= 0.3 is 6.03 Å². The number of imide groups is 1. The Morgan fingerprint density at radius 3 is 2.40 bits per heavy atom. The number of aromatic nitrogens is 2. The van der Waals surface area contributed by atoms with Gasteiger partial charge in [0.05, 0.1) is 22.7 Å². The van der Waals surface area contributed by atoms with Gasteiger partial charge in [0.2, 0.25) is 17.7 Å². The van der Waals surface area contributed by atoms with Gasteiger partial charge in [-0.3, -0.25) is 29.3 Å². The van der Waals surface area contributed by atoms with Crippen molar-refractivity contribution in [2.45, 2.75) is 88.7 Å². The number of rotatable bonds is 15. The fourth-order valence-corrected chi connectivity index (χ4v) is 12.8. The average molecular weight is 1050 g/mol. The number of likely N-dealkylation sites (tertiary alicyclic amines) is 2. The standard InChI is InChI=1S/C57H67ClF2N8O7/c1-33-30-67(24-20-38(33)31-66-22-18-35(19-23-66)37-12-15-41-44(28-37)65(3)64-54(41)68-25-21-47(69)63-56(68)72)55(71)36-10-13-40(14-11-36)62-32-57(39-8-6-5-7-9-39)34(2)48-46(75-57)29-43(59)51(58)50(48)49-42(53(61)70)16-17-45(52(49)60)74-27-26-73-4/h5-9,12,15-17,28-29,33-36,38,40,62H,10-11,13-14,18-27,30-32H2,1-4H3,(H2,61,70)(H,63,69,72). The van der Waals surface area contributed by atoms with E-state index in [1.807, 2.05) is 49.0 Å². The monoisotopic (exact) mass is 1050 g/mol. The summed E-state index contributed by atoms with van der Waals surface area (Å²) in [5.41, 5.74) is 7.79. The van der Waals surface area contributed by atoms with E-state index in [4.69, 9.17) is 31.5 Å². The quantitative estimate of drug-likeness (QED) is 0.0862. The second-order valence-electron chi connectivity index (χ2n) is 21.3. The van der Waals surface area contributed by atoms with Crippen molar-refractivity contribution in [1.82, 2.24) is 30.2 Å². The number of aryl methyl sites for hydroxylation is 1. The number of halogens is 3. The summed E-state index contributed by atoms with van der Waals surface area (Å²) in [6, 6.07) is 19.6. The number of anilines is 1. The molecule has 15 nitrogen and oxygen atoms in total. The number of carbonyl (C=O) groups is 4. The molecule has 5 aliphatic rings. The van der Waals surface area contributed by atoms with Gasteiger partial charge < -0.3 is 35.1 Å². The number of nitrogens with two attached hydrogens (primary N) is 1. The Kier molecular flexibility index (Phi) is 15.2. The zero-order valence-corrected chi connectivity index (χ0v) is 43.9. The molecule has 4 fully saturated rings. The maximum Gasteiger partial charge on any atom is 0.329 e. The minimum absolute atomic E-state index is 0.0147. The highest BCUT2D eigenvalue weighted by Gasteiger charge is 2.50. The Labute approximate surface area is 441 Å². The van der Waals surface area contributed by atoms with Crippen LogP contribution in [0.4, 0.5) is 19.4 Å². The summed E-state index contributed by atoms with van der Waals surface area (Å²) in [6.07, 6.45) is 6.43. The molecule has 1 aliphatic carbocycles. The lowest BCUT2D eigenvalue weighted by Crippen LogP contribution is -2.50. The largest absolute Gasteiger partial charge is 0.488 e. The number of nitrogens with one attached hydrogen (secondary N) is 2. The molecule has 75 heavy (non-hydrogen) atoms. The van der Waals surface area contributed by atoms with Crippen LogP contribution >= 0.6 is 11.6 Å². The number of nitrogens with zero attached hydrogens (tertiary/aromatic N) is 5. The number of methoxy groups -OCH3 is 1. The number of primary amides is 1. The number of carbonyl (C=O) groups excluding carboxylic acids is 4. The summed E-state index contributed by atoms with van der Waals surface area (Å²) in [5, 5.41) is 11.4. The zero-order chi connectivity index (χ0) is 52.7. The maximum absolute atomic E-state index is 16.6. The summed E-state index contributed by atoms with van der Waals surface area (Å²) >= 11 is 6.78. The van der Waals surface area contributed by atoms with Gasteiger partial charge in [0.25, 0.3) is 0 Å². The first-order valence-electron chi connectivity index (χ1n) is 26.5. The van der Waals surface area contributed by atoms with Crippen LogP contribution in [0, 0.1) is 29.4 Å². The number of hydrogen-bond acceptors (Lipinski definition) is 10. The molecule has 4 atom stereocenters. The number of hydrogen-bond donors (Lipinski definition) is 3. The third-order valence-electron chi connectivity index (χ3n) is 16.9. The van der Waals surface area contributed by atoms with E-state index in [9.17, 15) is 19.2 Å². The first-order chi connectivity index (χ1) is 36.1. The van der Waals surface area contributed by atoms with Crippen molar-refractivity contribution in [3.05, 3.63) is 106 Å². The second kappa shape index (κ2) is 21.8. The average Bonchev–Trinajstić information content (AvgIpc) is 3.89. The molecule has 1 aromatic heterocycles. The van der Waals surface area contributed by atoms with Crippen molar-refractivity contribution in [2.75, 3.05) is 71.0 Å². The Balaban J connectivity index is 0.742. The number of piperidine rings is 2. The molecule has 4 unspecified atom stereocenters. The van der Waals surface area contributed by atoms with Gasteiger partial charge in [-0.1, -0.05) is 61.8 Å². The van der Waals surface area contributed by atoms with Gasteiger partial charge in [-0.2, -0.15) is 5.10 Å². The number of fused-ring (bicyclic) bond motifs is 2. The van der Waals surface area contributed by atoms with E-state index in [0.29, 0.717) is 42.2 Å². The molecule has 10 rings (SSSR count). The highest BCUT2D eigenvalue weighted by molar-refractivity contribution is 6.34. The van der Waals surface area contributed by atoms with Crippen molar-refractivity contribution < 1.29 is 42.2 Å². The minimum Gasteiger partial charge on any atom is -0.488 e. The molecule has 18 heteroatoms. The van der Waals surface area contributed by atoms with Gasteiger partial charge in [0.1, 0.15) is 18.2 Å². The first-order valence-corrected chi connectivity index (χ1v) is 26.9. The van der Waals surface area contributed by atoms with Crippen LogP contribution in [0.3, 0.4) is 0 Å². The number of urea groups is 1. The van der Waals surface area contributed by atoms with Gasteiger partial charge in [0.15, 0.2) is 23.0 Å². The molecule has 5 amide bonds. The van der Waals surface area contributed by atoms with Crippen molar-refractivity contribution in [1.29, 1.82) is 0 Å². The van der Waals surface area contributed by atoms with Crippen LogP contribution in [0.2, 0.25) is 5.02 Å². The maximum atomic E-state index is 16.6. The second-order valence-corrected chi connectivity index (χ2v) is 21.7. The molecule has 398 valence electrons. The summed E-state index contributed by atoms with van der Waals surface area (Å²) in [6.45, 7) is 9.67. The molecular formula is C57H67ClF2N8O7. The first kappa shape index (κ1) is 52.3. The molecular weight excluding hydrogens is 982 g/mol. The molecule has 5 heterocycles. The van der Waals surface area contributed by atoms with E-state index in [0.717, 1.165) is 94.1 Å². The molecule has 0 spiro atoms. The van der Waals surface area contributed by atoms with Crippen LogP contribution < -0.4 is 30.7 Å². The van der Waals surface area contributed by atoms with Gasteiger partial charge in [0, 0.05) is 99.3 Å². The molecule has 3 saturated heterocycles. The van der Waals surface area contributed by atoms with E-state index in [1.165, 1.54) is 30.9 Å². The fraction of sp³-hybridized carbons (Fsp3) is 0.491. The van der Waals surface area contributed by atoms with E-state index in [1.54, 1.807) is 4.90 Å². The Morgan fingerprint density at radius 1 is 0.933 bits per heavy atom. The minimum atomic E-state index is -1.09. The molecule has 0 bridgehead atoms. The molecule has 5 aromatic rings. The van der Waals surface area contributed by atoms with E-state index < -0.39 is 35.1 Å². The fourth-order valence-electron chi connectivity index (χ4n) is 12.6. The van der Waals surface area contributed by atoms with Crippen LogP contribution in [0.1, 0.15) is 104 Å². The molecule has 1 saturated carbocycles. The molecule has 4 N–H and O–H groups in total. The molecule has 4 aromatic carbocycles. The lowest BCUT2D eigenvalue weighted by atomic mass is 9.77. The third kappa shape index (κ3) is 10.2. The summed E-state index contributed by atoms with van der Waals surface area (Å²) < 4.78 is 52.0. The lowest BCUT2D eigenvalue weighted by Gasteiger charge is -2.42. The van der Waals surface area contributed by atoms with Crippen molar-refractivity contribution in [2.24, 2.45) is 30.5 Å². The van der Waals surface area contributed by atoms with Crippen LogP contribution in [0.15, 0.2) is 66.7 Å². The Morgan fingerprint density at radius 2 is 1.69 bits per heavy atom. The predicted octanol–water partition coefficient (Wildman–Crippen LogP) is 8.65. The van der Waals surface area contributed by atoms with Gasteiger partial charge in [-0.15, -0.1) is 0 Å². The lowest BCUT2D eigenvalue weighted by molar-refractivity contribution is -0.139. The summed E-state index contributed by atoms with van der Waals surface area (Å²) in [5.74, 6) is -1.34. The van der Waals surface area contributed by atoms with Crippen LogP contribution in [-0.2, 0) is 27.0 Å². The highest BCUT2D eigenvalue weighted by Crippen LogP contribution is 2.56. The van der Waals surface area contributed by atoms with Crippen LogP contribution in [0.5, 0.6) is 11.5 Å². The predicted molar refractivity (Wildman–Crippen MR) is 282 cm³/mol. The Hall–Kier alpha value is -6.14. The SMILES string of the molecule is COCCOc1ccc(C(N)=O)c(-c2c(Cl)c(F)cc3c2C(C)C(CNC2CCC(C(=O)N4CCC(CN5CCC(c6ccc7c(N8CCC(=O)NC8=O)nn(C)c7c6)CC5)C(C)C4)CC2)(c2ccccc2)O3)c1F. The van der Waals surface area contributed by atoms with Crippen molar-refractivity contribution in [3.8, 4) is 22.6 Å². The smallest absolute Gasteiger partial charge is 0.329 e.